The Balaban J connectivity index is 1.35. The van der Waals surface area contributed by atoms with Crippen LogP contribution in [0.15, 0.2) is 42.5 Å². The monoisotopic (exact) mass is 519 g/mol. The summed E-state index contributed by atoms with van der Waals surface area (Å²) in [5, 5.41) is 0.635. The van der Waals surface area contributed by atoms with Crippen LogP contribution in [0.25, 0.3) is 0 Å². The summed E-state index contributed by atoms with van der Waals surface area (Å²) in [6, 6.07) is 10.5. The predicted molar refractivity (Wildman–Crippen MR) is 133 cm³/mol. The van der Waals surface area contributed by atoms with Crippen LogP contribution >= 0.6 is 35.0 Å². The highest BCUT2D eigenvalue weighted by molar-refractivity contribution is 8.01. The van der Waals surface area contributed by atoms with Crippen molar-refractivity contribution in [1.82, 2.24) is 0 Å². The SMILES string of the molecule is O=C(COC(=O)c1ccc(N2C(=O)CC(SC3CCCCC3)C2=O)cc1)c1ccc(Cl)c(Cl)c1. The number of anilines is 1. The summed E-state index contributed by atoms with van der Waals surface area (Å²) in [5.74, 6) is -1.55. The van der Waals surface area contributed by atoms with E-state index in [1.807, 2.05) is 0 Å². The quantitative estimate of drug-likeness (QED) is 0.264. The normalized spacial score (nSPS) is 18.9. The van der Waals surface area contributed by atoms with Crippen molar-refractivity contribution in [3.05, 3.63) is 63.6 Å². The molecule has 2 fully saturated rings. The molecular weight excluding hydrogens is 497 g/mol. The molecule has 2 amide bonds. The molecule has 34 heavy (non-hydrogen) atoms. The molecule has 0 aromatic heterocycles. The molecule has 2 aromatic rings. The van der Waals surface area contributed by atoms with Crippen LogP contribution in [0.1, 0.15) is 59.2 Å². The van der Waals surface area contributed by atoms with Gasteiger partial charge in [-0.25, -0.2) is 9.69 Å². The second-order valence-electron chi connectivity index (χ2n) is 8.33. The molecule has 0 spiro atoms. The van der Waals surface area contributed by atoms with E-state index in [0.717, 1.165) is 12.8 Å². The van der Waals surface area contributed by atoms with Crippen LogP contribution in [0.2, 0.25) is 10.0 Å². The lowest BCUT2D eigenvalue weighted by atomic mass is 10.0. The Morgan fingerprint density at radius 3 is 2.29 bits per heavy atom. The lowest BCUT2D eigenvalue weighted by Gasteiger charge is -2.23. The van der Waals surface area contributed by atoms with Crippen molar-refractivity contribution < 1.29 is 23.9 Å². The van der Waals surface area contributed by atoms with E-state index in [-0.39, 0.29) is 39.6 Å². The fourth-order valence-electron chi connectivity index (χ4n) is 4.13. The van der Waals surface area contributed by atoms with E-state index in [4.69, 9.17) is 27.9 Å². The molecule has 0 bridgehead atoms. The molecule has 2 aromatic carbocycles. The molecule has 1 aliphatic heterocycles. The predicted octanol–water partition coefficient (Wildman–Crippen LogP) is 5.73. The van der Waals surface area contributed by atoms with Crippen LogP contribution in [0.4, 0.5) is 5.69 Å². The van der Waals surface area contributed by atoms with Crippen LogP contribution in [-0.2, 0) is 14.3 Å². The summed E-state index contributed by atoms with van der Waals surface area (Å²) in [4.78, 5) is 51.3. The number of benzene rings is 2. The minimum absolute atomic E-state index is 0.195. The van der Waals surface area contributed by atoms with Crippen LogP contribution < -0.4 is 4.90 Å². The Hall–Kier alpha value is -2.35. The first-order valence-corrected chi connectivity index (χ1v) is 12.8. The number of thioether (sulfide) groups is 1. The number of amides is 2. The van der Waals surface area contributed by atoms with E-state index in [0.29, 0.717) is 16.0 Å². The van der Waals surface area contributed by atoms with Gasteiger partial charge in [-0.15, -0.1) is 11.8 Å². The number of Topliss-reactive ketones (excluding diaryl/α,β-unsaturated/α-hetero) is 1. The van der Waals surface area contributed by atoms with Crippen LogP contribution in [0.3, 0.4) is 0 Å². The number of ether oxygens (including phenoxy) is 1. The molecule has 1 atom stereocenters. The summed E-state index contributed by atoms with van der Waals surface area (Å²) in [6.07, 6.45) is 5.96. The summed E-state index contributed by atoms with van der Waals surface area (Å²) in [5.41, 5.74) is 0.910. The zero-order valence-corrected chi connectivity index (χ0v) is 20.6. The first kappa shape index (κ1) is 24.8. The summed E-state index contributed by atoms with van der Waals surface area (Å²) in [6.45, 7) is -0.457. The summed E-state index contributed by atoms with van der Waals surface area (Å²) in [7, 11) is 0. The number of carbonyl (C=O) groups excluding carboxylic acids is 4. The Morgan fingerprint density at radius 2 is 1.62 bits per heavy atom. The lowest BCUT2D eigenvalue weighted by Crippen LogP contribution is -2.31. The minimum atomic E-state index is -0.690. The van der Waals surface area contributed by atoms with Crippen LogP contribution in [0.5, 0.6) is 0 Å². The highest BCUT2D eigenvalue weighted by Gasteiger charge is 2.41. The fourth-order valence-corrected chi connectivity index (χ4v) is 5.96. The Bertz CT molecular complexity index is 1110. The third-order valence-corrected chi connectivity index (χ3v) is 8.24. The molecule has 1 aliphatic carbocycles. The maximum Gasteiger partial charge on any atom is 0.338 e. The Kier molecular flexibility index (Phi) is 7.96. The molecular formula is C25H23Cl2NO5S. The smallest absolute Gasteiger partial charge is 0.338 e. The van der Waals surface area contributed by atoms with Gasteiger partial charge in [-0.05, 0) is 55.3 Å². The number of rotatable bonds is 7. The van der Waals surface area contributed by atoms with E-state index < -0.39 is 18.4 Å². The van der Waals surface area contributed by atoms with Gasteiger partial charge in [-0.2, -0.15) is 0 Å². The van der Waals surface area contributed by atoms with E-state index in [9.17, 15) is 19.2 Å². The maximum atomic E-state index is 12.9. The van der Waals surface area contributed by atoms with Crippen molar-refractivity contribution in [3.63, 3.8) is 0 Å². The number of halogens is 2. The minimum Gasteiger partial charge on any atom is -0.454 e. The van der Waals surface area contributed by atoms with Gasteiger partial charge in [0, 0.05) is 17.2 Å². The van der Waals surface area contributed by atoms with Crippen molar-refractivity contribution in [1.29, 1.82) is 0 Å². The summed E-state index contributed by atoms with van der Waals surface area (Å²) < 4.78 is 5.11. The molecule has 0 N–H and O–H groups in total. The average Bonchev–Trinajstić information content (AvgIpc) is 3.12. The van der Waals surface area contributed by atoms with Crippen molar-refractivity contribution >= 4 is 64.2 Å². The maximum absolute atomic E-state index is 12.9. The Morgan fingerprint density at radius 1 is 0.941 bits per heavy atom. The zero-order chi connectivity index (χ0) is 24.2. The molecule has 6 nitrogen and oxygen atoms in total. The number of hydrogen-bond donors (Lipinski definition) is 0. The Labute approximate surface area is 211 Å². The van der Waals surface area contributed by atoms with Gasteiger partial charge in [0.2, 0.25) is 11.8 Å². The zero-order valence-electron chi connectivity index (χ0n) is 18.3. The van der Waals surface area contributed by atoms with E-state index in [1.165, 1.54) is 54.5 Å². The fraction of sp³-hybridized carbons (Fsp3) is 0.360. The van der Waals surface area contributed by atoms with Gasteiger partial charge < -0.3 is 4.74 Å². The van der Waals surface area contributed by atoms with Crippen LogP contribution in [0, 0.1) is 0 Å². The summed E-state index contributed by atoms with van der Waals surface area (Å²) >= 11 is 13.4. The first-order valence-electron chi connectivity index (χ1n) is 11.1. The lowest BCUT2D eigenvalue weighted by molar-refractivity contribution is -0.121. The molecule has 9 heteroatoms. The number of carbonyl (C=O) groups is 4. The molecule has 1 saturated carbocycles. The topological polar surface area (TPSA) is 80.8 Å². The van der Waals surface area contributed by atoms with Gasteiger partial charge in [0.1, 0.15) is 0 Å². The third-order valence-electron chi connectivity index (χ3n) is 5.95. The van der Waals surface area contributed by atoms with Crippen molar-refractivity contribution in [2.24, 2.45) is 0 Å². The highest BCUT2D eigenvalue weighted by atomic mass is 35.5. The van der Waals surface area contributed by atoms with Gasteiger partial charge in [0.25, 0.3) is 0 Å². The number of esters is 1. The molecule has 178 valence electrons. The molecule has 1 unspecified atom stereocenters. The van der Waals surface area contributed by atoms with Gasteiger partial charge in [-0.1, -0.05) is 42.5 Å². The van der Waals surface area contributed by atoms with Gasteiger partial charge in [0.15, 0.2) is 12.4 Å². The van der Waals surface area contributed by atoms with Gasteiger partial charge >= 0.3 is 5.97 Å². The second-order valence-corrected chi connectivity index (χ2v) is 10.7. The number of nitrogens with zero attached hydrogens (tertiary/aromatic N) is 1. The van der Waals surface area contributed by atoms with E-state index >= 15 is 0 Å². The largest absolute Gasteiger partial charge is 0.454 e. The standard InChI is InChI=1S/C25H23Cl2NO5S/c26-19-11-8-16(12-20(19)27)21(29)14-33-25(32)15-6-9-17(10-7-15)28-23(30)13-22(24(28)31)34-18-4-2-1-3-5-18/h6-12,18,22H,1-5,13-14H2. The van der Waals surface area contributed by atoms with E-state index in [2.05, 4.69) is 0 Å². The van der Waals surface area contributed by atoms with Crippen molar-refractivity contribution in [2.75, 3.05) is 11.5 Å². The van der Waals surface area contributed by atoms with Crippen molar-refractivity contribution in [2.45, 2.75) is 49.0 Å². The molecule has 4 rings (SSSR count). The van der Waals surface area contributed by atoms with Gasteiger partial charge in [-0.3, -0.25) is 14.4 Å². The molecule has 1 heterocycles. The molecule has 2 aliphatic rings. The van der Waals surface area contributed by atoms with Gasteiger partial charge in [0.05, 0.1) is 26.5 Å². The first-order chi connectivity index (χ1) is 16.3. The number of hydrogen-bond acceptors (Lipinski definition) is 6. The third kappa shape index (κ3) is 5.65. The number of imide groups is 1. The molecule has 1 saturated heterocycles. The van der Waals surface area contributed by atoms with Crippen molar-refractivity contribution in [3.8, 4) is 0 Å². The molecule has 0 radical (unpaired) electrons. The average molecular weight is 520 g/mol. The number of ketones is 1. The van der Waals surface area contributed by atoms with Crippen LogP contribution in [-0.4, -0.2) is 40.7 Å². The second kappa shape index (κ2) is 10.9. The highest BCUT2D eigenvalue weighted by Crippen LogP contribution is 2.37. The van der Waals surface area contributed by atoms with E-state index in [1.54, 1.807) is 23.9 Å².